The molecule has 8 heteroatoms. The van der Waals surface area contributed by atoms with Gasteiger partial charge in [-0.2, -0.15) is 0 Å². The van der Waals surface area contributed by atoms with Crippen molar-refractivity contribution in [2.24, 2.45) is 0 Å². The normalized spacial score (nSPS) is 12.4. The molecule has 0 fully saturated rings. The van der Waals surface area contributed by atoms with Crippen LogP contribution in [0.1, 0.15) is 37.0 Å². The van der Waals surface area contributed by atoms with Gasteiger partial charge in [0.2, 0.25) is 10.0 Å². The number of sulfonamides is 1. The summed E-state index contributed by atoms with van der Waals surface area (Å²) in [7, 11) is -3.92. The summed E-state index contributed by atoms with van der Waals surface area (Å²) in [4.78, 5) is 10.9. The fraction of sp³-hybridized carbons (Fsp3) is 0.462. The topological polar surface area (TPSA) is 104 Å². The molecule has 0 bridgehead atoms. The molecule has 0 aromatic heterocycles. The molecular formula is C13H18BrNO5S. The second kappa shape index (κ2) is 6.87. The monoisotopic (exact) mass is 379 g/mol. The third-order valence-electron chi connectivity index (χ3n) is 3.49. The maximum atomic E-state index is 12.4. The van der Waals surface area contributed by atoms with Crippen LogP contribution in [0.3, 0.4) is 0 Å². The number of aliphatic hydroxyl groups excluding tert-OH is 1. The van der Waals surface area contributed by atoms with Crippen LogP contribution in [0.15, 0.2) is 27.6 Å². The Balaban J connectivity index is 3.26. The number of aromatic carboxylic acids is 1. The number of halogens is 1. The van der Waals surface area contributed by atoms with Crippen molar-refractivity contribution in [1.29, 1.82) is 0 Å². The molecule has 3 N–H and O–H groups in total. The molecule has 0 amide bonds. The third kappa shape index (κ3) is 4.03. The average Bonchev–Trinajstić information content (AvgIpc) is 2.44. The van der Waals surface area contributed by atoms with Crippen molar-refractivity contribution in [2.45, 2.75) is 37.1 Å². The number of carbonyl (C=O) groups is 1. The van der Waals surface area contributed by atoms with E-state index in [-0.39, 0.29) is 17.1 Å². The van der Waals surface area contributed by atoms with Gasteiger partial charge in [0.25, 0.3) is 0 Å². The van der Waals surface area contributed by atoms with E-state index in [1.165, 1.54) is 12.1 Å². The maximum Gasteiger partial charge on any atom is 0.336 e. The maximum absolute atomic E-state index is 12.4. The number of hydrogen-bond acceptors (Lipinski definition) is 4. The van der Waals surface area contributed by atoms with Crippen LogP contribution in [0.2, 0.25) is 0 Å². The van der Waals surface area contributed by atoms with E-state index in [4.69, 9.17) is 5.11 Å². The number of carboxylic acid groups (broad SMARTS) is 1. The van der Waals surface area contributed by atoms with Gasteiger partial charge >= 0.3 is 5.97 Å². The SMILES string of the molecule is CCC(CC)(CO)NS(=O)(=O)c1ccc(Br)c(C(=O)O)c1. The number of benzene rings is 1. The molecule has 6 nitrogen and oxygen atoms in total. The van der Waals surface area contributed by atoms with Crippen molar-refractivity contribution < 1.29 is 23.4 Å². The molecule has 0 aliphatic heterocycles. The highest BCUT2D eigenvalue weighted by atomic mass is 79.9. The first-order valence-electron chi connectivity index (χ1n) is 6.39. The Kier molecular flexibility index (Phi) is 5.92. The second-order valence-corrected chi connectivity index (χ2v) is 7.23. The van der Waals surface area contributed by atoms with E-state index in [1.54, 1.807) is 13.8 Å². The minimum Gasteiger partial charge on any atom is -0.478 e. The van der Waals surface area contributed by atoms with Gasteiger partial charge in [0.05, 0.1) is 22.6 Å². The Labute approximate surface area is 132 Å². The molecule has 118 valence electrons. The molecule has 0 radical (unpaired) electrons. The molecule has 0 aliphatic rings. The van der Waals surface area contributed by atoms with Gasteiger partial charge in [-0.3, -0.25) is 0 Å². The molecule has 0 aliphatic carbocycles. The van der Waals surface area contributed by atoms with Crippen molar-refractivity contribution in [3.05, 3.63) is 28.2 Å². The first-order valence-corrected chi connectivity index (χ1v) is 8.66. The molecule has 0 unspecified atom stereocenters. The summed E-state index contributed by atoms with van der Waals surface area (Å²) in [6.07, 6.45) is 0.836. The quantitative estimate of drug-likeness (QED) is 0.671. The van der Waals surface area contributed by atoms with Crippen LogP contribution in [-0.2, 0) is 10.0 Å². The summed E-state index contributed by atoms with van der Waals surface area (Å²) in [5.41, 5.74) is -1.09. The molecule has 21 heavy (non-hydrogen) atoms. The van der Waals surface area contributed by atoms with Crippen LogP contribution in [-0.4, -0.2) is 36.7 Å². The van der Waals surface area contributed by atoms with Crippen LogP contribution >= 0.6 is 15.9 Å². The first kappa shape index (κ1) is 18.1. The largest absolute Gasteiger partial charge is 0.478 e. The molecular weight excluding hydrogens is 362 g/mol. The van der Waals surface area contributed by atoms with E-state index < -0.39 is 21.5 Å². The fourth-order valence-corrected chi connectivity index (χ4v) is 3.81. The molecule has 0 saturated heterocycles. The molecule has 0 saturated carbocycles. The minimum atomic E-state index is -3.92. The van der Waals surface area contributed by atoms with Gasteiger partial charge in [-0.05, 0) is 47.0 Å². The van der Waals surface area contributed by atoms with Gasteiger partial charge in [-0.1, -0.05) is 13.8 Å². The highest BCUT2D eigenvalue weighted by molar-refractivity contribution is 9.10. The first-order chi connectivity index (χ1) is 9.71. The molecule has 0 heterocycles. The zero-order valence-corrected chi connectivity index (χ0v) is 14.2. The summed E-state index contributed by atoms with van der Waals surface area (Å²) < 4.78 is 27.5. The Morgan fingerprint density at radius 2 is 1.90 bits per heavy atom. The third-order valence-corrected chi connectivity index (χ3v) is 5.75. The fourth-order valence-electron chi connectivity index (χ4n) is 1.83. The van der Waals surface area contributed by atoms with Crippen molar-refractivity contribution in [1.82, 2.24) is 4.72 Å². The van der Waals surface area contributed by atoms with Crippen LogP contribution in [0, 0.1) is 0 Å². The van der Waals surface area contributed by atoms with Crippen molar-refractivity contribution in [3.8, 4) is 0 Å². The minimum absolute atomic E-state index is 0.138. The van der Waals surface area contributed by atoms with Crippen LogP contribution in [0.5, 0.6) is 0 Å². The van der Waals surface area contributed by atoms with Gasteiger partial charge in [-0.15, -0.1) is 0 Å². The summed E-state index contributed by atoms with van der Waals surface area (Å²) >= 11 is 3.06. The lowest BCUT2D eigenvalue weighted by molar-refractivity contribution is 0.0695. The second-order valence-electron chi connectivity index (χ2n) is 4.70. The lowest BCUT2D eigenvalue weighted by Crippen LogP contribution is -2.50. The Bertz CT molecular complexity index is 617. The summed E-state index contributed by atoms with van der Waals surface area (Å²) in [6, 6.07) is 3.77. The van der Waals surface area contributed by atoms with Gasteiger partial charge < -0.3 is 10.2 Å². The van der Waals surface area contributed by atoms with Crippen LogP contribution in [0.4, 0.5) is 0 Å². The molecule has 1 aromatic carbocycles. The van der Waals surface area contributed by atoms with Gasteiger partial charge in [0, 0.05) is 4.47 Å². The molecule has 1 aromatic rings. The lowest BCUT2D eigenvalue weighted by Gasteiger charge is -2.30. The van der Waals surface area contributed by atoms with E-state index in [1.807, 2.05) is 0 Å². The highest BCUT2D eigenvalue weighted by Crippen LogP contribution is 2.23. The zero-order valence-electron chi connectivity index (χ0n) is 11.8. The smallest absolute Gasteiger partial charge is 0.336 e. The number of rotatable bonds is 7. The van der Waals surface area contributed by atoms with E-state index in [2.05, 4.69) is 20.7 Å². The van der Waals surface area contributed by atoms with Gasteiger partial charge in [-0.25, -0.2) is 17.9 Å². The summed E-state index contributed by atoms with van der Waals surface area (Å²) in [6.45, 7) is 3.21. The number of aliphatic hydroxyl groups is 1. The molecule has 1 rings (SSSR count). The zero-order chi connectivity index (χ0) is 16.3. The predicted octanol–water partition coefficient (Wildman–Crippen LogP) is 1.98. The highest BCUT2D eigenvalue weighted by Gasteiger charge is 2.32. The number of carboxylic acids is 1. The van der Waals surface area contributed by atoms with Crippen molar-refractivity contribution >= 4 is 31.9 Å². The Morgan fingerprint density at radius 3 is 2.33 bits per heavy atom. The van der Waals surface area contributed by atoms with Crippen LogP contribution in [0.25, 0.3) is 0 Å². The van der Waals surface area contributed by atoms with E-state index >= 15 is 0 Å². The summed E-state index contributed by atoms with van der Waals surface area (Å²) in [5.74, 6) is -1.22. The predicted molar refractivity (Wildman–Crippen MR) is 81.8 cm³/mol. The van der Waals surface area contributed by atoms with Crippen molar-refractivity contribution in [2.75, 3.05) is 6.61 Å². The molecule has 0 atom stereocenters. The molecule has 0 spiro atoms. The van der Waals surface area contributed by atoms with Gasteiger partial charge in [0.15, 0.2) is 0 Å². The van der Waals surface area contributed by atoms with E-state index in [9.17, 15) is 18.3 Å². The summed E-state index contributed by atoms with van der Waals surface area (Å²) in [5, 5.41) is 18.5. The number of hydrogen-bond donors (Lipinski definition) is 3. The Morgan fingerprint density at radius 1 is 1.33 bits per heavy atom. The Hall–Kier alpha value is -0.960. The average molecular weight is 380 g/mol. The lowest BCUT2D eigenvalue weighted by atomic mass is 9.96. The van der Waals surface area contributed by atoms with E-state index in [0.29, 0.717) is 17.3 Å². The van der Waals surface area contributed by atoms with E-state index in [0.717, 1.165) is 6.07 Å². The standard InChI is InChI=1S/C13H18BrNO5S/c1-3-13(4-2,8-16)15-21(19,20)9-5-6-11(14)10(7-9)12(17)18/h5-7,15-16H,3-4,8H2,1-2H3,(H,17,18). The van der Waals surface area contributed by atoms with Crippen molar-refractivity contribution in [3.63, 3.8) is 0 Å². The van der Waals surface area contributed by atoms with Crippen LogP contribution < -0.4 is 4.72 Å². The van der Waals surface area contributed by atoms with Gasteiger partial charge in [0.1, 0.15) is 0 Å². The number of nitrogens with one attached hydrogen (secondary N) is 1.